The molecule has 0 saturated carbocycles. The number of carbonyl (C=O) groups is 1. The standard InChI is InChI=1S/C11H9F2N3O2/c1-6-15-10(16-18-6)5-14-11(17)7-2-3-8(12)9(13)4-7/h2-4H,5H2,1H3,(H,14,17). The molecule has 0 radical (unpaired) electrons. The fourth-order valence-electron chi connectivity index (χ4n) is 1.31. The Morgan fingerprint density at radius 2 is 2.17 bits per heavy atom. The predicted octanol–water partition coefficient (Wildman–Crippen LogP) is 1.59. The highest BCUT2D eigenvalue weighted by atomic mass is 19.2. The first-order valence-electron chi connectivity index (χ1n) is 5.08. The van der Waals surface area contributed by atoms with Crippen LogP contribution in [0.1, 0.15) is 22.1 Å². The summed E-state index contributed by atoms with van der Waals surface area (Å²) in [6.07, 6.45) is 0. The molecule has 2 aromatic rings. The van der Waals surface area contributed by atoms with Crippen molar-refractivity contribution in [3.8, 4) is 0 Å². The van der Waals surface area contributed by atoms with Gasteiger partial charge in [-0.25, -0.2) is 8.78 Å². The molecule has 0 saturated heterocycles. The summed E-state index contributed by atoms with van der Waals surface area (Å²) in [6, 6.07) is 2.91. The third-order valence-corrected chi connectivity index (χ3v) is 2.16. The zero-order valence-corrected chi connectivity index (χ0v) is 9.41. The van der Waals surface area contributed by atoms with E-state index in [0.717, 1.165) is 12.1 Å². The van der Waals surface area contributed by atoms with Crippen molar-refractivity contribution in [2.75, 3.05) is 0 Å². The Balaban J connectivity index is 2.01. The maximum Gasteiger partial charge on any atom is 0.251 e. The molecule has 5 nitrogen and oxygen atoms in total. The molecule has 1 aromatic carbocycles. The molecule has 1 amide bonds. The molecule has 0 bridgehead atoms. The topological polar surface area (TPSA) is 68.0 Å². The van der Waals surface area contributed by atoms with Gasteiger partial charge in [-0.15, -0.1) is 0 Å². The van der Waals surface area contributed by atoms with Crippen molar-refractivity contribution in [3.63, 3.8) is 0 Å². The van der Waals surface area contributed by atoms with Crippen LogP contribution in [-0.2, 0) is 6.54 Å². The molecule has 0 fully saturated rings. The van der Waals surface area contributed by atoms with Gasteiger partial charge in [0, 0.05) is 12.5 Å². The Morgan fingerprint density at radius 3 is 2.78 bits per heavy atom. The normalized spacial score (nSPS) is 10.4. The number of hydrogen-bond acceptors (Lipinski definition) is 4. The molecule has 0 spiro atoms. The van der Waals surface area contributed by atoms with E-state index in [2.05, 4.69) is 15.5 Å². The summed E-state index contributed by atoms with van der Waals surface area (Å²) < 4.78 is 30.3. The summed E-state index contributed by atoms with van der Waals surface area (Å²) in [4.78, 5) is 15.5. The lowest BCUT2D eigenvalue weighted by Gasteiger charge is -2.02. The molecule has 0 atom stereocenters. The van der Waals surface area contributed by atoms with Crippen molar-refractivity contribution in [1.29, 1.82) is 0 Å². The van der Waals surface area contributed by atoms with Crippen LogP contribution in [0.3, 0.4) is 0 Å². The van der Waals surface area contributed by atoms with Gasteiger partial charge in [-0.1, -0.05) is 5.16 Å². The number of benzene rings is 1. The van der Waals surface area contributed by atoms with Crippen LogP contribution in [0, 0.1) is 18.6 Å². The number of nitrogens with one attached hydrogen (secondary N) is 1. The number of aryl methyl sites for hydroxylation is 1. The summed E-state index contributed by atoms with van der Waals surface area (Å²) in [5.41, 5.74) is 0.0223. The van der Waals surface area contributed by atoms with Crippen LogP contribution in [0.4, 0.5) is 8.78 Å². The van der Waals surface area contributed by atoms with E-state index in [4.69, 9.17) is 4.52 Å². The van der Waals surface area contributed by atoms with Crippen LogP contribution < -0.4 is 5.32 Å². The van der Waals surface area contributed by atoms with Gasteiger partial charge < -0.3 is 9.84 Å². The minimum Gasteiger partial charge on any atom is -0.345 e. The van der Waals surface area contributed by atoms with Crippen LogP contribution in [-0.4, -0.2) is 16.0 Å². The highest BCUT2D eigenvalue weighted by molar-refractivity contribution is 5.94. The number of halogens is 2. The van der Waals surface area contributed by atoms with Crippen molar-refractivity contribution in [3.05, 3.63) is 47.1 Å². The molecule has 1 N–H and O–H groups in total. The highest BCUT2D eigenvalue weighted by Gasteiger charge is 2.10. The van der Waals surface area contributed by atoms with E-state index in [1.807, 2.05) is 0 Å². The molecule has 18 heavy (non-hydrogen) atoms. The number of carbonyl (C=O) groups excluding carboxylic acids is 1. The third kappa shape index (κ3) is 2.68. The minimum absolute atomic E-state index is 0.0223. The Labute approximate surface area is 101 Å². The first-order valence-corrected chi connectivity index (χ1v) is 5.08. The van der Waals surface area contributed by atoms with Crippen LogP contribution >= 0.6 is 0 Å². The average Bonchev–Trinajstić information content (AvgIpc) is 2.75. The molecule has 94 valence electrons. The second kappa shape index (κ2) is 4.91. The monoisotopic (exact) mass is 253 g/mol. The van der Waals surface area contributed by atoms with E-state index in [1.165, 1.54) is 6.07 Å². The Bertz CT molecular complexity index is 583. The van der Waals surface area contributed by atoms with E-state index in [-0.39, 0.29) is 12.1 Å². The minimum atomic E-state index is -1.07. The quantitative estimate of drug-likeness (QED) is 0.901. The lowest BCUT2D eigenvalue weighted by atomic mass is 10.2. The van der Waals surface area contributed by atoms with Gasteiger partial charge in [0.1, 0.15) is 0 Å². The smallest absolute Gasteiger partial charge is 0.251 e. The third-order valence-electron chi connectivity index (χ3n) is 2.16. The van der Waals surface area contributed by atoms with Crippen LogP contribution in [0.25, 0.3) is 0 Å². The van der Waals surface area contributed by atoms with Crippen molar-refractivity contribution >= 4 is 5.91 Å². The maximum absolute atomic E-state index is 12.9. The largest absolute Gasteiger partial charge is 0.345 e. The van der Waals surface area contributed by atoms with Crippen molar-refractivity contribution < 1.29 is 18.1 Å². The van der Waals surface area contributed by atoms with Gasteiger partial charge in [0.25, 0.3) is 5.91 Å². The second-order valence-electron chi connectivity index (χ2n) is 3.54. The summed E-state index contributed by atoms with van der Waals surface area (Å²) in [7, 11) is 0. The second-order valence-corrected chi connectivity index (χ2v) is 3.54. The number of rotatable bonds is 3. The summed E-state index contributed by atoms with van der Waals surface area (Å²) in [5.74, 6) is -1.93. The van der Waals surface area contributed by atoms with Crippen molar-refractivity contribution in [2.45, 2.75) is 13.5 Å². The van der Waals surface area contributed by atoms with Gasteiger partial charge in [0.15, 0.2) is 17.5 Å². The molecule has 7 heteroatoms. The van der Waals surface area contributed by atoms with Gasteiger partial charge in [-0.2, -0.15) is 4.98 Å². The SMILES string of the molecule is Cc1nc(CNC(=O)c2ccc(F)c(F)c2)no1. The molecule has 0 aliphatic heterocycles. The first-order chi connectivity index (χ1) is 8.56. The molecular formula is C11H9F2N3O2. The zero-order valence-electron chi connectivity index (χ0n) is 9.41. The Morgan fingerprint density at radius 1 is 1.39 bits per heavy atom. The lowest BCUT2D eigenvalue weighted by molar-refractivity contribution is 0.0949. The molecule has 0 aliphatic rings. The van der Waals surface area contributed by atoms with E-state index < -0.39 is 17.5 Å². The van der Waals surface area contributed by atoms with Crippen LogP contribution in [0.2, 0.25) is 0 Å². The fourth-order valence-corrected chi connectivity index (χ4v) is 1.31. The maximum atomic E-state index is 12.9. The number of amides is 1. The summed E-state index contributed by atoms with van der Waals surface area (Å²) in [6.45, 7) is 1.67. The fraction of sp³-hybridized carbons (Fsp3) is 0.182. The van der Waals surface area contributed by atoms with Gasteiger partial charge in [0.05, 0.1) is 6.54 Å². The lowest BCUT2D eigenvalue weighted by Crippen LogP contribution is -2.23. The summed E-state index contributed by atoms with van der Waals surface area (Å²) >= 11 is 0. The molecule has 0 aliphatic carbocycles. The first kappa shape index (κ1) is 12.2. The van der Waals surface area contributed by atoms with Gasteiger partial charge >= 0.3 is 0 Å². The molecule has 1 aromatic heterocycles. The van der Waals surface area contributed by atoms with E-state index >= 15 is 0 Å². The van der Waals surface area contributed by atoms with Gasteiger partial charge in [0.2, 0.25) is 5.89 Å². The van der Waals surface area contributed by atoms with Crippen molar-refractivity contribution in [1.82, 2.24) is 15.5 Å². The molecule has 1 heterocycles. The number of nitrogens with zero attached hydrogens (tertiary/aromatic N) is 2. The zero-order chi connectivity index (χ0) is 13.1. The van der Waals surface area contributed by atoms with E-state index in [9.17, 15) is 13.6 Å². The molecule has 0 unspecified atom stereocenters. The van der Waals surface area contributed by atoms with Gasteiger partial charge in [-0.05, 0) is 18.2 Å². The van der Waals surface area contributed by atoms with Crippen molar-refractivity contribution in [2.24, 2.45) is 0 Å². The summed E-state index contributed by atoms with van der Waals surface area (Å²) in [5, 5.41) is 6.04. The number of aromatic nitrogens is 2. The van der Waals surface area contributed by atoms with Gasteiger partial charge in [-0.3, -0.25) is 4.79 Å². The Hall–Kier alpha value is -2.31. The average molecular weight is 253 g/mol. The Kier molecular flexibility index (Phi) is 3.31. The van der Waals surface area contributed by atoms with Crippen LogP contribution in [0.5, 0.6) is 0 Å². The number of hydrogen-bond donors (Lipinski definition) is 1. The van der Waals surface area contributed by atoms with Crippen LogP contribution in [0.15, 0.2) is 22.7 Å². The predicted molar refractivity (Wildman–Crippen MR) is 56.6 cm³/mol. The molecular weight excluding hydrogens is 244 g/mol. The molecule has 2 rings (SSSR count). The van der Waals surface area contributed by atoms with E-state index in [0.29, 0.717) is 11.7 Å². The van der Waals surface area contributed by atoms with E-state index in [1.54, 1.807) is 6.92 Å². The highest BCUT2D eigenvalue weighted by Crippen LogP contribution is 2.08.